The Morgan fingerprint density at radius 2 is 1.84 bits per heavy atom. The van der Waals surface area contributed by atoms with Crippen molar-refractivity contribution in [3.05, 3.63) is 63.7 Å². The highest BCUT2D eigenvalue weighted by atomic mass is 19.4. The fourth-order valence-corrected chi connectivity index (χ4v) is 4.20. The zero-order valence-corrected chi connectivity index (χ0v) is 21.7. The zero-order valence-electron chi connectivity index (χ0n) is 21.7. The summed E-state index contributed by atoms with van der Waals surface area (Å²) >= 11 is 0. The van der Waals surface area contributed by atoms with Gasteiger partial charge < -0.3 is 20.3 Å². The Morgan fingerprint density at radius 1 is 1.18 bits per heavy atom. The maximum Gasteiger partial charge on any atom is 0.490 e. The molecule has 2 aromatic heterocycles. The highest BCUT2D eigenvalue weighted by molar-refractivity contribution is 5.74. The van der Waals surface area contributed by atoms with Crippen LogP contribution in [0.25, 0.3) is 11.2 Å². The van der Waals surface area contributed by atoms with Crippen molar-refractivity contribution >= 4 is 23.1 Å². The molecule has 0 aliphatic carbocycles. The van der Waals surface area contributed by atoms with Gasteiger partial charge in [-0.3, -0.25) is 9.36 Å². The fourth-order valence-electron chi connectivity index (χ4n) is 4.20. The SMILES string of the molecule is CC(C)=CCn1c(N2CCCC(N)C2)nc2nc(CCc3ccccc3)n(C)c(=O)c21.O=C(O)C(F)(F)F. The molecule has 12 heteroatoms. The van der Waals surface area contributed by atoms with Crippen LogP contribution in [-0.4, -0.2) is 55.5 Å². The quantitative estimate of drug-likeness (QED) is 0.465. The molecule has 38 heavy (non-hydrogen) atoms. The molecular weight excluding hydrogens is 501 g/mol. The maximum atomic E-state index is 13.4. The Hall–Kier alpha value is -3.67. The maximum absolute atomic E-state index is 13.4. The first-order valence-electron chi connectivity index (χ1n) is 12.3. The molecule has 3 heterocycles. The van der Waals surface area contributed by atoms with E-state index in [4.69, 9.17) is 25.6 Å². The lowest BCUT2D eigenvalue weighted by Gasteiger charge is -2.31. The number of anilines is 1. The van der Waals surface area contributed by atoms with E-state index in [2.05, 4.69) is 37.0 Å². The van der Waals surface area contributed by atoms with Gasteiger partial charge in [0.15, 0.2) is 11.2 Å². The number of carboxylic acids is 1. The zero-order chi connectivity index (χ0) is 28.0. The molecule has 0 saturated carbocycles. The van der Waals surface area contributed by atoms with E-state index in [1.807, 2.05) is 29.8 Å². The van der Waals surface area contributed by atoms with Crippen molar-refractivity contribution in [1.82, 2.24) is 19.1 Å². The van der Waals surface area contributed by atoms with Gasteiger partial charge in [0.2, 0.25) is 5.95 Å². The first kappa shape index (κ1) is 28.9. The minimum absolute atomic E-state index is 0.0460. The summed E-state index contributed by atoms with van der Waals surface area (Å²) in [6, 6.07) is 10.4. The number of nitrogens with zero attached hydrogens (tertiary/aromatic N) is 5. The molecule has 1 unspecified atom stereocenters. The standard InChI is InChI=1S/C24H32N6O.C2HF3O2/c1-17(2)13-15-30-21-22(27-24(30)29-14-7-10-19(25)16-29)26-20(28(3)23(21)31)12-11-18-8-5-4-6-9-18;3-2(4,5)1(6)7/h4-6,8-9,13,19H,7,10-12,14-16,25H2,1-3H3;(H,6,7). The lowest BCUT2D eigenvalue weighted by molar-refractivity contribution is -0.192. The third-order valence-electron chi connectivity index (χ3n) is 6.20. The number of carbonyl (C=O) groups is 1. The highest BCUT2D eigenvalue weighted by Crippen LogP contribution is 2.23. The van der Waals surface area contributed by atoms with Gasteiger partial charge in [0.25, 0.3) is 5.56 Å². The molecule has 4 rings (SSSR count). The molecule has 1 fully saturated rings. The number of piperidine rings is 1. The number of aliphatic carboxylic acids is 1. The van der Waals surface area contributed by atoms with Crippen molar-refractivity contribution in [3.63, 3.8) is 0 Å². The van der Waals surface area contributed by atoms with Gasteiger partial charge in [-0.25, -0.2) is 9.78 Å². The summed E-state index contributed by atoms with van der Waals surface area (Å²) in [5.74, 6) is -1.20. The molecule has 206 valence electrons. The predicted octanol–water partition coefficient (Wildman–Crippen LogP) is 3.44. The van der Waals surface area contributed by atoms with Gasteiger partial charge in [-0.1, -0.05) is 42.0 Å². The minimum atomic E-state index is -5.08. The molecule has 0 radical (unpaired) electrons. The van der Waals surface area contributed by atoms with Crippen molar-refractivity contribution in [3.8, 4) is 0 Å². The Bertz CT molecular complexity index is 1340. The summed E-state index contributed by atoms with van der Waals surface area (Å²) in [5.41, 5.74) is 9.71. The number of rotatable bonds is 6. The normalized spacial score (nSPS) is 15.7. The van der Waals surface area contributed by atoms with Gasteiger partial charge in [0, 0.05) is 39.1 Å². The number of imidazole rings is 1. The topological polar surface area (TPSA) is 119 Å². The van der Waals surface area contributed by atoms with Crippen LogP contribution in [-0.2, 0) is 31.2 Å². The average molecular weight is 535 g/mol. The molecule has 0 spiro atoms. The Kier molecular flexibility index (Phi) is 9.31. The lowest BCUT2D eigenvalue weighted by Crippen LogP contribution is -2.44. The number of halogens is 3. The van der Waals surface area contributed by atoms with Crippen LogP contribution in [0.1, 0.15) is 38.1 Å². The third kappa shape index (κ3) is 7.21. The second-order valence-electron chi connectivity index (χ2n) is 9.51. The number of alkyl halides is 3. The molecule has 1 atom stereocenters. The Morgan fingerprint density at radius 3 is 2.42 bits per heavy atom. The summed E-state index contributed by atoms with van der Waals surface area (Å²) in [5, 5.41) is 7.12. The number of carboxylic acid groups (broad SMARTS) is 1. The molecule has 1 saturated heterocycles. The van der Waals surface area contributed by atoms with E-state index >= 15 is 0 Å². The first-order valence-corrected chi connectivity index (χ1v) is 12.3. The van der Waals surface area contributed by atoms with Crippen LogP contribution in [0.15, 0.2) is 46.8 Å². The van der Waals surface area contributed by atoms with E-state index < -0.39 is 12.1 Å². The number of aromatic nitrogens is 4. The van der Waals surface area contributed by atoms with E-state index in [-0.39, 0.29) is 11.6 Å². The number of nitrogens with two attached hydrogens (primary N) is 1. The second-order valence-corrected chi connectivity index (χ2v) is 9.51. The van der Waals surface area contributed by atoms with Crippen LogP contribution in [0.4, 0.5) is 19.1 Å². The highest BCUT2D eigenvalue weighted by Gasteiger charge is 2.38. The van der Waals surface area contributed by atoms with Crippen LogP contribution in [0.5, 0.6) is 0 Å². The van der Waals surface area contributed by atoms with Gasteiger partial charge in [-0.15, -0.1) is 0 Å². The molecule has 1 aliphatic rings. The van der Waals surface area contributed by atoms with Crippen molar-refractivity contribution in [2.45, 2.75) is 58.3 Å². The predicted molar refractivity (Wildman–Crippen MR) is 139 cm³/mol. The molecule has 0 bridgehead atoms. The third-order valence-corrected chi connectivity index (χ3v) is 6.20. The van der Waals surface area contributed by atoms with Crippen molar-refractivity contribution < 1.29 is 23.1 Å². The molecule has 3 aromatic rings. The molecular formula is C26H33F3N6O3. The van der Waals surface area contributed by atoms with Crippen molar-refractivity contribution in [2.75, 3.05) is 18.0 Å². The number of benzene rings is 1. The molecule has 1 aliphatic heterocycles. The van der Waals surface area contributed by atoms with E-state index in [1.165, 1.54) is 11.1 Å². The molecule has 1 aromatic carbocycles. The summed E-state index contributed by atoms with van der Waals surface area (Å²) < 4.78 is 35.4. The summed E-state index contributed by atoms with van der Waals surface area (Å²) in [6.07, 6.45) is 0.613. The number of hydrogen-bond acceptors (Lipinski definition) is 6. The van der Waals surface area contributed by atoms with Gasteiger partial charge in [-0.05, 0) is 38.7 Å². The van der Waals surface area contributed by atoms with E-state index in [0.717, 1.165) is 44.1 Å². The molecule has 9 nitrogen and oxygen atoms in total. The first-order chi connectivity index (χ1) is 17.9. The van der Waals surface area contributed by atoms with Crippen LogP contribution in [0.3, 0.4) is 0 Å². The number of hydrogen-bond donors (Lipinski definition) is 2. The number of fused-ring (bicyclic) bond motifs is 1. The van der Waals surface area contributed by atoms with Gasteiger partial charge in [0.1, 0.15) is 5.82 Å². The summed E-state index contributed by atoms with van der Waals surface area (Å²) in [4.78, 5) is 34.2. The summed E-state index contributed by atoms with van der Waals surface area (Å²) in [6.45, 7) is 6.37. The van der Waals surface area contributed by atoms with Gasteiger partial charge in [0.05, 0.1) is 0 Å². The van der Waals surface area contributed by atoms with E-state index in [1.54, 1.807) is 4.57 Å². The average Bonchev–Trinajstić information content (AvgIpc) is 3.23. The Labute approximate surface area is 218 Å². The Balaban J connectivity index is 0.000000505. The van der Waals surface area contributed by atoms with Crippen molar-refractivity contribution in [2.24, 2.45) is 12.8 Å². The number of allylic oxidation sites excluding steroid dienone is 2. The molecule has 0 amide bonds. The van der Waals surface area contributed by atoms with Gasteiger partial charge in [-0.2, -0.15) is 18.2 Å². The fraction of sp³-hybridized carbons (Fsp3) is 0.462. The smallest absolute Gasteiger partial charge is 0.475 e. The van der Waals surface area contributed by atoms with E-state index in [0.29, 0.717) is 24.1 Å². The van der Waals surface area contributed by atoms with Gasteiger partial charge >= 0.3 is 12.1 Å². The van der Waals surface area contributed by atoms with Crippen molar-refractivity contribution in [1.29, 1.82) is 0 Å². The molecule has 3 N–H and O–H groups in total. The monoisotopic (exact) mass is 534 g/mol. The van der Waals surface area contributed by atoms with Crippen LogP contribution < -0.4 is 16.2 Å². The second kappa shape index (κ2) is 12.2. The van der Waals surface area contributed by atoms with E-state index in [9.17, 15) is 18.0 Å². The van der Waals surface area contributed by atoms with Crippen LogP contribution >= 0.6 is 0 Å². The lowest BCUT2D eigenvalue weighted by atomic mass is 10.1. The van der Waals surface area contributed by atoms with Crippen LogP contribution in [0.2, 0.25) is 0 Å². The van der Waals surface area contributed by atoms with Crippen LogP contribution in [0, 0.1) is 0 Å². The summed E-state index contributed by atoms with van der Waals surface area (Å²) in [7, 11) is 1.81. The minimum Gasteiger partial charge on any atom is -0.475 e. The largest absolute Gasteiger partial charge is 0.490 e. The number of aryl methyl sites for hydroxylation is 2.